The van der Waals surface area contributed by atoms with Crippen molar-refractivity contribution in [2.45, 2.75) is 31.8 Å². The molecule has 5 heteroatoms. The van der Waals surface area contributed by atoms with Gasteiger partial charge in [0.05, 0.1) is 11.7 Å². The van der Waals surface area contributed by atoms with Gasteiger partial charge in [0, 0.05) is 36.5 Å². The Bertz CT molecular complexity index is 625. The Balaban J connectivity index is 1.73. The highest BCUT2D eigenvalue weighted by atomic mass is 32.1. The van der Waals surface area contributed by atoms with Crippen LogP contribution in [-0.2, 0) is 13.0 Å². The molecule has 2 aromatic rings. The van der Waals surface area contributed by atoms with Crippen LogP contribution in [0.25, 0.3) is 0 Å². The van der Waals surface area contributed by atoms with Gasteiger partial charge in [0.25, 0.3) is 0 Å². The van der Waals surface area contributed by atoms with E-state index in [4.69, 9.17) is 0 Å². The molecule has 4 nitrogen and oxygen atoms in total. The Morgan fingerprint density at radius 2 is 2.24 bits per heavy atom. The van der Waals surface area contributed by atoms with Crippen molar-refractivity contribution in [3.05, 3.63) is 40.0 Å². The highest BCUT2D eigenvalue weighted by Crippen LogP contribution is 2.39. The summed E-state index contributed by atoms with van der Waals surface area (Å²) in [5.74, 6) is 1.17. The van der Waals surface area contributed by atoms with Crippen LogP contribution >= 0.6 is 11.3 Å². The first kappa shape index (κ1) is 13.2. The molecular weight excluding hydrogens is 280 g/mol. The third-order valence-electron chi connectivity index (χ3n) is 4.57. The van der Waals surface area contributed by atoms with E-state index in [1.807, 2.05) is 11.3 Å². The Labute approximate surface area is 129 Å². The fourth-order valence-corrected chi connectivity index (χ4v) is 4.38. The van der Waals surface area contributed by atoms with Gasteiger partial charge in [-0.2, -0.15) is 0 Å². The van der Waals surface area contributed by atoms with E-state index in [1.165, 1.54) is 34.8 Å². The predicted molar refractivity (Wildman–Crippen MR) is 85.7 cm³/mol. The first-order valence-electron chi connectivity index (χ1n) is 7.64. The average molecular weight is 300 g/mol. The smallest absolute Gasteiger partial charge is 0.137 e. The maximum atomic E-state index is 4.66. The van der Waals surface area contributed by atoms with Crippen molar-refractivity contribution in [1.82, 2.24) is 14.9 Å². The minimum absolute atomic E-state index is 0.497. The summed E-state index contributed by atoms with van der Waals surface area (Å²) in [4.78, 5) is 15.5. The van der Waals surface area contributed by atoms with Crippen molar-refractivity contribution in [3.63, 3.8) is 0 Å². The van der Waals surface area contributed by atoms with Gasteiger partial charge in [-0.15, -0.1) is 11.3 Å². The van der Waals surface area contributed by atoms with Crippen molar-refractivity contribution >= 4 is 17.2 Å². The van der Waals surface area contributed by atoms with Crippen LogP contribution in [0.15, 0.2) is 23.8 Å². The normalized spacial score (nSPS) is 22.5. The lowest BCUT2D eigenvalue weighted by Gasteiger charge is -2.31. The molecule has 1 fully saturated rings. The minimum Gasteiger partial charge on any atom is -0.348 e. The summed E-state index contributed by atoms with van der Waals surface area (Å²) in [5, 5.41) is 2.18. The van der Waals surface area contributed by atoms with Crippen LogP contribution in [0.4, 0.5) is 5.82 Å². The van der Waals surface area contributed by atoms with Gasteiger partial charge in [0.1, 0.15) is 12.1 Å². The zero-order valence-electron chi connectivity index (χ0n) is 12.3. The van der Waals surface area contributed by atoms with Crippen LogP contribution in [0.1, 0.15) is 35.0 Å². The minimum atomic E-state index is 0.497. The lowest BCUT2D eigenvalue weighted by atomic mass is 10.1. The number of hydrogen-bond donors (Lipinski definition) is 0. The van der Waals surface area contributed by atoms with Gasteiger partial charge < -0.3 is 9.80 Å². The molecule has 0 radical (unpaired) electrons. The quantitative estimate of drug-likeness (QED) is 0.853. The van der Waals surface area contributed by atoms with E-state index >= 15 is 0 Å². The molecule has 0 bridgehead atoms. The van der Waals surface area contributed by atoms with Crippen LogP contribution in [-0.4, -0.2) is 35.0 Å². The summed E-state index contributed by atoms with van der Waals surface area (Å²) in [5.41, 5.74) is 2.59. The van der Waals surface area contributed by atoms with Crippen molar-refractivity contribution < 1.29 is 0 Å². The summed E-state index contributed by atoms with van der Waals surface area (Å²) in [6.07, 6.45) is 5.27. The molecule has 0 aliphatic carbocycles. The lowest BCUT2D eigenvalue weighted by Crippen LogP contribution is -2.31. The van der Waals surface area contributed by atoms with Crippen LogP contribution < -0.4 is 4.90 Å². The van der Waals surface area contributed by atoms with Gasteiger partial charge in [-0.25, -0.2) is 9.97 Å². The molecule has 4 heterocycles. The second kappa shape index (κ2) is 5.39. The summed E-state index contributed by atoms with van der Waals surface area (Å²) >= 11 is 1.86. The van der Waals surface area contributed by atoms with Crippen LogP contribution in [0.2, 0.25) is 0 Å². The van der Waals surface area contributed by atoms with Gasteiger partial charge in [-0.05, 0) is 31.3 Å². The number of thiophene rings is 1. The van der Waals surface area contributed by atoms with E-state index in [-0.39, 0.29) is 0 Å². The Hall–Kier alpha value is -1.46. The molecule has 0 aromatic carbocycles. The van der Waals surface area contributed by atoms with Crippen molar-refractivity contribution in [3.8, 4) is 0 Å². The zero-order valence-corrected chi connectivity index (χ0v) is 13.1. The van der Waals surface area contributed by atoms with E-state index < -0.39 is 0 Å². The summed E-state index contributed by atoms with van der Waals surface area (Å²) in [7, 11) is 2.18. The molecule has 1 saturated heterocycles. The Morgan fingerprint density at radius 1 is 1.29 bits per heavy atom. The number of anilines is 1. The summed E-state index contributed by atoms with van der Waals surface area (Å²) < 4.78 is 0. The molecule has 0 amide bonds. The first-order valence-corrected chi connectivity index (χ1v) is 8.52. The monoisotopic (exact) mass is 300 g/mol. The number of likely N-dealkylation sites (N-methyl/N-ethyl adjacent to an activating group) is 1. The fourth-order valence-electron chi connectivity index (χ4n) is 3.51. The number of aromatic nitrogens is 2. The van der Waals surface area contributed by atoms with Gasteiger partial charge in [0.2, 0.25) is 0 Å². The number of rotatable bonds is 2. The van der Waals surface area contributed by atoms with E-state index in [1.54, 1.807) is 6.33 Å². The van der Waals surface area contributed by atoms with E-state index in [0.717, 1.165) is 26.1 Å². The maximum absolute atomic E-state index is 4.66. The lowest BCUT2D eigenvalue weighted by molar-refractivity contribution is 0.309. The molecule has 4 rings (SSSR count). The largest absolute Gasteiger partial charge is 0.348 e. The molecular formula is C16H20N4S. The second-order valence-corrected chi connectivity index (χ2v) is 6.96. The molecule has 21 heavy (non-hydrogen) atoms. The third kappa shape index (κ3) is 2.34. The number of fused-ring (bicyclic) bond motifs is 1. The zero-order chi connectivity index (χ0) is 14.2. The molecule has 1 atom stereocenters. The Morgan fingerprint density at radius 3 is 3.10 bits per heavy atom. The predicted octanol–water partition coefficient (Wildman–Crippen LogP) is 2.87. The summed E-state index contributed by atoms with van der Waals surface area (Å²) in [6.45, 7) is 3.17. The van der Waals surface area contributed by atoms with Gasteiger partial charge in [-0.3, -0.25) is 0 Å². The molecule has 0 N–H and O–H groups in total. The van der Waals surface area contributed by atoms with E-state index in [2.05, 4.69) is 44.3 Å². The van der Waals surface area contributed by atoms with Gasteiger partial charge >= 0.3 is 0 Å². The third-order valence-corrected chi connectivity index (χ3v) is 5.54. The van der Waals surface area contributed by atoms with Gasteiger partial charge in [0.15, 0.2) is 0 Å². The molecule has 0 saturated carbocycles. The highest BCUT2D eigenvalue weighted by molar-refractivity contribution is 7.10. The fraction of sp³-hybridized carbons (Fsp3) is 0.500. The average Bonchev–Trinajstić information content (AvgIpc) is 3.17. The topological polar surface area (TPSA) is 32.3 Å². The Kier molecular flexibility index (Phi) is 3.39. The standard InChI is InChI=1S/C16H20N4S/c1-19-8-6-13-12(10-19)16(18-11-17-13)20-7-2-4-14(20)15-5-3-9-21-15/h3,5,9,11,14H,2,4,6-8,10H2,1H3/t14-/m1/s1. The van der Waals surface area contributed by atoms with Crippen molar-refractivity contribution in [2.24, 2.45) is 0 Å². The highest BCUT2D eigenvalue weighted by Gasteiger charge is 2.31. The molecule has 0 spiro atoms. The van der Waals surface area contributed by atoms with E-state index in [9.17, 15) is 0 Å². The number of nitrogens with zero attached hydrogens (tertiary/aromatic N) is 4. The maximum Gasteiger partial charge on any atom is 0.137 e. The molecule has 2 aliphatic rings. The van der Waals surface area contributed by atoms with Crippen LogP contribution in [0, 0.1) is 0 Å². The summed E-state index contributed by atoms with van der Waals surface area (Å²) in [6, 6.07) is 4.91. The van der Waals surface area contributed by atoms with E-state index in [0.29, 0.717) is 6.04 Å². The van der Waals surface area contributed by atoms with Crippen LogP contribution in [0.3, 0.4) is 0 Å². The van der Waals surface area contributed by atoms with Crippen LogP contribution in [0.5, 0.6) is 0 Å². The van der Waals surface area contributed by atoms with Gasteiger partial charge in [-0.1, -0.05) is 6.07 Å². The first-order chi connectivity index (χ1) is 10.3. The molecule has 110 valence electrons. The SMILES string of the molecule is CN1CCc2ncnc(N3CCC[C@@H]3c3cccs3)c2C1. The molecule has 2 aliphatic heterocycles. The van der Waals surface area contributed by atoms with Crippen molar-refractivity contribution in [1.29, 1.82) is 0 Å². The second-order valence-electron chi connectivity index (χ2n) is 5.98. The molecule has 0 unspecified atom stereocenters. The number of hydrogen-bond acceptors (Lipinski definition) is 5. The molecule has 2 aromatic heterocycles. The van der Waals surface area contributed by atoms with Crippen molar-refractivity contribution in [2.75, 3.05) is 25.0 Å².